The zero-order chi connectivity index (χ0) is 20.5. The highest BCUT2D eigenvalue weighted by atomic mass is 16.6. The highest BCUT2D eigenvalue weighted by Crippen LogP contribution is 2.69. The number of ether oxygens (including phenoxy) is 1. The highest BCUT2D eigenvalue weighted by molar-refractivity contribution is 5.89. The van der Waals surface area contributed by atoms with E-state index in [1.807, 2.05) is 0 Å². The molecule has 4 nitrogen and oxygen atoms in total. The fraction of sp³-hybridized carbons (Fsp3) is 0.833. The van der Waals surface area contributed by atoms with Crippen molar-refractivity contribution in [1.82, 2.24) is 0 Å². The molecule has 4 heteroatoms. The Morgan fingerprint density at radius 1 is 1.07 bits per heavy atom. The number of Topliss-reactive ketones (excluding diaryl/α,β-unsaturated/α-hetero) is 1. The van der Waals surface area contributed by atoms with Crippen molar-refractivity contribution in [2.75, 3.05) is 0 Å². The minimum Gasteiger partial charge on any atom is -0.451 e. The van der Waals surface area contributed by atoms with Gasteiger partial charge in [0.2, 0.25) is 0 Å². The van der Waals surface area contributed by atoms with Gasteiger partial charge in [-0.25, -0.2) is 0 Å². The number of carbonyl (C=O) groups excluding carboxylic acids is 2. The molecule has 0 aromatic heterocycles. The number of aliphatic hydroxyl groups is 1. The summed E-state index contributed by atoms with van der Waals surface area (Å²) in [7, 11) is 0. The van der Waals surface area contributed by atoms with E-state index in [9.17, 15) is 14.7 Å². The largest absolute Gasteiger partial charge is 0.451 e. The van der Waals surface area contributed by atoms with Gasteiger partial charge >= 0.3 is 5.97 Å². The Balaban J connectivity index is 1.73. The van der Waals surface area contributed by atoms with Gasteiger partial charge in [0.25, 0.3) is 0 Å². The van der Waals surface area contributed by atoms with Gasteiger partial charge in [-0.3, -0.25) is 9.59 Å². The summed E-state index contributed by atoms with van der Waals surface area (Å²) in [5, 5.41) is 10.2. The number of hydrogen-bond acceptors (Lipinski definition) is 4. The van der Waals surface area contributed by atoms with Crippen molar-refractivity contribution in [2.45, 2.75) is 91.3 Å². The van der Waals surface area contributed by atoms with Crippen LogP contribution in [0.1, 0.15) is 79.6 Å². The molecule has 156 valence electrons. The molecule has 3 saturated carbocycles. The standard InChI is InChI=1S/C24H36O4/c1-14-12-18-19(22(4)9-6-17(27)13-21(14)22)7-10-23(5)20(18)8-11-24(23,15(2)25)28-16(3)26/h13-14,17-20,27H,6-12H2,1-5H3. The van der Waals surface area contributed by atoms with E-state index in [1.54, 1.807) is 6.92 Å². The normalized spacial score (nSPS) is 50.1. The summed E-state index contributed by atoms with van der Waals surface area (Å²) in [5.41, 5.74) is 0.410. The Kier molecular flexibility index (Phi) is 4.61. The average molecular weight is 389 g/mol. The summed E-state index contributed by atoms with van der Waals surface area (Å²) in [6.45, 7) is 9.98. The summed E-state index contributed by atoms with van der Waals surface area (Å²) in [6, 6.07) is 0. The number of fused-ring (bicyclic) bond motifs is 5. The van der Waals surface area contributed by atoms with Gasteiger partial charge in [-0.05, 0) is 81.0 Å². The molecule has 0 aliphatic heterocycles. The second-order valence-electron chi connectivity index (χ2n) is 10.6. The van der Waals surface area contributed by atoms with E-state index in [0.717, 1.165) is 38.5 Å². The molecule has 0 radical (unpaired) electrons. The first-order valence-corrected chi connectivity index (χ1v) is 11.2. The van der Waals surface area contributed by atoms with E-state index in [2.05, 4.69) is 26.8 Å². The first kappa shape index (κ1) is 20.1. The summed E-state index contributed by atoms with van der Waals surface area (Å²) in [6.07, 6.45) is 8.51. The summed E-state index contributed by atoms with van der Waals surface area (Å²) >= 11 is 0. The first-order chi connectivity index (χ1) is 13.0. The third-order valence-electron chi connectivity index (χ3n) is 9.41. The Morgan fingerprint density at radius 2 is 1.75 bits per heavy atom. The molecular formula is C24H36O4. The smallest absolute Gasteiger partial charge is 0.303 e. The maximum Gasteiger partial charge on any atom is 0.303 e. The molecule has 0 aromatic carbocycles. The molecule has 28 heavy (non-hydrogen) atoms. The summed E-state index contributed by atoms with van der Waals surface area (Å²) in [4.78, 5) is 24.7. The number of ketones is 1. The zero-order valence-corrected chi connectivity index (χ0v) is 18.1. The minimum absolute atomic E-state index is 0.0163. The van der Waals surface area contributed by atoms with Crippen LogP contribution in [-0.4, -0.2) is 28.6 Å². The van der Waals surface area contributed by atoms with Crippen LogP contribution in [0.4, 0.5) is 0 Å². The third-order valence-corrected chi connectivity index (χ3v) is 9.41. The average Bonchev–Trinajstić information content (AvgIpc) is 2.90. The fourth-order valence-corrected chi connectivity index (χ4v) is 8.20. The molecule has 0 heterocycles. The maximum atomic E-state index is 12.8. The van der Waals surface area contributed by atoms with Crippen molar-refractivity contribution in [3.05, 3.63) is 11.6 Å². The Labute approximate surface area is 169 Å². The van der Waals surface area contributed by atoms with Crippen LogP contribution >= 0.6 is 0 Å². The van der Waals surface area contributed by atoms with Crippen molar-refractivity contribution in [2.24, 2.45) is 34.5 Å². The molecule has 3 fully saturated rings. The lowest BCUT2D eigenvalue weighted by Crippen LogP contribution is -2.59. The predicted molar refractivity (Wildman–Crippen MR) is 107 cm³/mol. The highest BCUT2D eigenvalue weighted by Gasteiger charge is 2.68. The molecule has 0 amide bonds. The van der Waals surface area contributed by atoms with Crippen LogP contribution in [0.25, 0.3) is 0 Å². The predicted octanol–water partition coefficient (Wildman–Crippen LogP) is 4.45. The topological polar surface area (TPSA) is 63.6 Å². The lowest BCUT2D eigenvalue weighted by Gasteiger charge is -2.60. The summed E-state index contributed by atoms with van der Waals surface area (Å²) in [5.74, 6) is 1.72. The van der Waals surface area contributed by atoms with Crippen LogP contribution in [0.5, 0.6) is 0 Å². The van der Waals surface area contributed by atoms with E-state index in [-0.39, 0.29) is 28.7 Å². The van der Waals surface area contributed by atoms with Gasteiger partial charge in [0, 0.05) is 12.3 Å². The number of allylic oxidation sites excluding steroid dienone is 1. The van der Waals surface area contributed by atoms with E-state index < -0.39 is 5.60 Å². The Bertz CT molecular complexity index is 726. The van der Waals surface area contributed by atoms with Crippen molar-refractivity contribution < 1.29 is 19.4 Å². The second kappa shape index (κ2) is 6.42. The van der Waals surface area contributed by atoms with Crippen LogP contribution in [0.3, 0.4) is 0 Å². The lowest BCUT2D eigenvalue weighted by atomic mass is 9.44. The van der Waals surface area contributed by atoms with Crippen molar-refractivity contribution >= 4 is 11.8 Å². The Morgan fingerprint density at radius 3 is 2.39 bits per heavy atom. The SMILES string of the molecule is CC(=O)OC1(C(C)=O)CCC2C3CC(C)C4=CC(O)CCC4(C)C3CCC21C. The molecule has 0 saturated heterocycles. The molecule has 4 aliphatic rings. The number of hydrogen-bond donors (Lipinski definition) is 1. The second-order valence-corrected chi connectivity index (χ2v) is 10.6. The molecule has 8 atom stereocenters. The number of carbonyl (C=O) groups is 2. The van der Waals surface area contributed by atoms with E-state index >= 15 is 0 Å². The molecule has 4 aliphatic carbocycles. The van der Waals surface area contributed by atoms with Crippen LogP contribution in [0.2, 0.25) is 0 Å². The molecule has 4 rings (SSSR count). The lowest BCUT2D eigenvalue weighted by molar-refractivity contribution is -0.187. The van der Waals surface area contributed by atoms with Crippen molar-refractivity contribution in [3.63, 3.8) is 0 Å². The van der Waals surface area contributed by atoms with Crippen LogP contribution in [0, 0.1) is 34.5 Å². The summed E-state index contributed by atoms with van der Waals surface area (Å²) < 4.78 is 5.85. The van der Waals surface area contributed by atoms with Gasteiger partial charge < -0.3 is 9.84 Å². The fourth-order valence-electron chi connectivity index (χ4n) is 8.20. The maximum absolute atomic E-state index is 12.8. The number of esters is 1. The number of aliphatic hydroxyl groups excluding tert-OH is 1. The molecular weight excluding hydrogens is 352 g/mol. The first-order valence-electron chi connectivity index (χ1n) is 11.2. The van der Waals surface area contributed by atoms with E-state index in [1.165, 1.54) is 12.5 Å². The van der Waals surface area contributed by atoms with Crippen LogP contribution in [0.15, 0.2) is 11.6 Å². The molecule has 0 bridgehead atoms. The van der Waals surface area contributed by atoms with Gasteiger partial charge in [0.05, 0.1) is 6.10 Å². The molecule has 1 N–H and O–H groups in total. The van der Waals surface area contributed by atoms with Crippen molar-refractivity contribution in [3.8, 4) is 0 Å². The van der Waals surface area contributed by atoms with Gasteiger partial charge in [-0.2, -0.15) is 0 Å². The van der Waals surface area contributed by atoms with Crippen LogP contribution in [-0.2, 0) is 14.3 Å². The minimum atomic E-state index is -0.947. The quantitative estimate of drug-likeness (QED) is 0.561. The molecule has 0 aromatic rings. The Hall–Kier alpha value is -1.16. The van der Waals surface area contributed by atoms with Gasteiger partial charge in [0.1, 0.15) is 0 Å². The monoisotopic (exact) mass is 388 g/mol. The van der Waals surface area contributed by atoms with Crippen molar-refractivity contribution in [1.29, 1.82) is 0 Å². The van der Waals surface area contributed by atoms with Gasteiger partial charge in [-0.1, -0.05) is 32.4 Å². The molecule has 0 spiro atoms. The van der Waals surface area contributed by atoms with E-state index in [4.69, 9.17) is 4.74 Å². The van der Waals surface area contributed by atoms with Gasteiger partial charge in [0.15, 0.2) is 11.4 Å². The van der Waals surface area contributed by atoms with Gasteiger partial charge in [-0.15, -0.1) is 0 Å². The number of rotatable bonds is 2. The third kappa shape index (κ3) is 2.52. The van der Waals surface area contributed by atoms with Crippen LogP contribution < -0.4 is 0 Å². The zero-order valence-electron chi connectivity index (χ0n) is 18.1. The molecule has 8 unspecified atom stereocenters. The van der Waals surface area contributed by atoms with E-state index in [0.29, 0.717) is 30.1 Å².